The molecule has 0 fully saturated rings. The van der Waals surface area contributed by atoms with Crippen molar-refractivity contribution in [1.82, 2.24) is 19.6 Å². The van der Waals surface area contributed by atoms with Crippen LogP contribution in [-0.4, -0.2) is 32.7 Å². The molecule has 0 amide bonds. The fourth-order valence-corrected chi connectivity index (χ4v) is 9.70. The topological polar surface area (TPSA) is 42.1 Å². The first-order valence-corrected chi connectivity index (χ1v) is 20.6. The second-order valence-corrected chi connectivity index (χ2v) is 15.9. The zero-order valence-electron chi connectivity index (χ0n) is 33.6. The molecule has 6 rings (SSSR count). The number of allylic oxidation sites excluding steroid dienone is 2. The Labute approximate surface area is 324 Å². The van der Waals surface area contributed by atoms with E-state index in [4.69, 9.17) is 33.4 Å². The third-order valence-electron chi connectivity index (χ3n) is 10.7. The fraction of sp³-hybridized carbons (Fsp3) is 0.545. The van der Waals surface area contributed by atoms with Crippen LogP contribution in [0.4, 0.5) is 23.0 Å². The van der Waals surface area contributed by atoms with E-state index in [0.717, 1.165) is 91.1 Å². The summed E-state index contributed by atoms with van der Waals surface area (Å²) in [6.45, 7) is 19.5. The van der Waals surface area contributed by atoms with Crippen LogP contribution in [0.1, 0.15) is 136 Å². The van der Waals surface area contributed by atoms with Gasteiger partial charge in [-0.1, -0.05) is 88.4 Å². The lowest BCUT2D eigenvalue weighted by molar-refractivity contribution is 0.515. The molecule has 52 heavy (non-hydrogen) atoms. The summed E-state index contributed by atoms with van der Waals surface area (Å²) >= 11 is 13.3. The lowest BCUT2D eigenvalue weighted by atomic mass is 9.89. The molecule has 0 atom stereocenters. The van der Waals surface area contributed by atoms with Crippen molar-refractivity contribution in [2.75, 3.05) is 22.9 Å². The van der Waals surface area contributed by atoms with E-state index >= 15 is 0 Å². The maximum absolute atomic E-state index is 6.67. The highest BCUT2D eigenvalue weighted by Crippen LogP contribution is 2.44. The van der Waals surface area contributed by atoms with Gasteiger partial charge >= 0.3 is 0 Å². The van der Waals surface area contributed by atoms with Gasteiger partial charge < -0.3 is 9.80 Å². The maximum Gasteiger partial charge on any atom is 0.158 e. The Morgan fingerprint density at radius 3 is 1.69 bits per heavy atom. The molecule has 2 aromatic carbocycles. The van der Waals surface area contributed by atoms with Crippen LogP contribution in [-0.2, 0) is 26.9 Å². The molecule has 2 aromatic heterocycles. The van der Waals surface area contributed by atoms with E-state index in [2.05, 4.69) is 119 Å². The highest BCUT2D eigenvalue weighted by Gasteiger charge is 2.31. The third kappa shape index (κ3) is 8.29. The number of aryl methyl sites for hydroxylation is 6. The third-order valence-corrected chi connectivity index (χ3v) is 11.3. The first-order valence-electron chi connectivity index (χ1n) is 19.8. The van der Waals surface area contributed by atoms with Crippen LogP contribution in [0.5, 0.6) is 0 Å². The first-order chi connectivity index (χ1) is 24.9. The van der Waals surface area contributed by atoms with Crippen molar-refractivity contribution in [3.63, 3.8) is 0 Å². The van der Waals surface area contributed by atoms with Gasteiger partial charge in [0.05, 0.1) is 27.1 Å². The molecule has 0 N–H and O–H groups in total. The molecule has 0 unspecified atom stereocenters. The van der Waals surface area contributed by atoms with E-state index in [9.17, 15) is 0 Å². The van der Waals surface area contributed by atoms with Gasteiger partial charge in [-0.25, -0.2) is 0 Å². The molecule has 0 saturated heterocycles. The Morgan fingerprint density at radius 1 is 0.712 bits per heavy atom. The zero-order chi connectivity index (χ0) is 37.7. The summed E-state index contributed by atoms with van der Waals surface area (Å²) in [4.78, 5) is 4.68. The predicted octanol–water partition coefficient (Wildman–Crippen LogP) is 12.8. The molecule has 0 aliphatic carbocycles. The lowest BCUT2D eigenvalue weighted by Crippen LogP contribution is -2.26. The minimum atomic E-state index is 0.612. The largest absolute Gasteiger partial charge is 0.323 e. The van der Waals surface area contributed by atoms with Crippen LogP contribution in [0.15, 0.2) is 30.3 Å². The van der Waals surface area contributed by atoms with Crippen LogP contribution >= 0.6 is 23.2 Å². The van der Waals surface area contributed by atoms with Gasteiger partial charge in [0.2, 0.25) is 0 Å². The molecule has 2 aliphatic rings. The average molecular weight is 746 g/mol. The Kier molecular flexibility index (Phi) is 13.6. The molecule has 0 bridgehead atoms. The summed E-state index contributed by atoms with van der Waals surface area (Å²) in [6.07, 6.45) is 15.1. The summed E-state index contributed by atoms with van der Waals surface area (Å²) in [5, 5.41) is 11.6. The molecule has 0 saturated carbocycles. The van der Waals surface area contributed by atoms with Crippen LogP contribution in [0, 0.1) is 27.7 Å². The number of fused-ring (bicyclic) bond motifs is 2. The second kappa shape index (κ2) is 17.7. The molecule has 4 heterocycles. The molecule has 8 heteroatoms. The van der Waals surface area contributed by atoms with Crippen LogP contribution < -0.4 is 9.80 Å². The van der Waals surface area contributed by atoms with Gasteiger partial charge in [0.1, 0.15) is 0 Å². The number of benzene rings is 2. The van der Waals surface area contributed by atoms with E-state index in [1.165, 1.54) is 76.0 Å². The number of halogens is 2. The zero-order valence-corrected chi connectivity index (χ0v) is 35.1. The Morgan fingerprint density at radius 2 is 1.21 bits per heavy atom. The number of rotatable bonds is 11. The second-order valence-electron chi connectivity index (χ2n) is 15.1. The van der Waals surface area contributed by atoms with E-state index in [-0.39, 0.29) is 0 Å². The first kappa shape index (κ1) is 40.0. The van der Waals surface area contributed by atoms with Crippen molar-refractivity contribution in [1.29, 1.82) is 0 Å². The van der Waals surface area contributed by atoms with Crippen molar-refractivity contribution < 1.29 is 0 Å². The maximum atomic E-state index is 6.67. The van der Waals surface area contributed by atoms with Gasteiger partial charge in [0.15, 0.2) is 11.6 Å². The minimum absolute atomic E-state index is 0.612. The van der Waals surface area contributed by atoms with Gasteiger partial charge in [-0.2, -0.15) is 10.2 Å². The summed E-state index contributed by atoms with van der Waals surface area (Å²) in [6, 6.07) is 8.55. The van der Waals surface area contributed by atoms with E-state index in [1.807, 2.05) is 0 Å². The van der Waals surface area contributed by atoms with Crippen LogP contribution in [0.3, 0.4) is 0 Å². The number of anilines is 4. The molecule has 4 aromatic rings. The molecular weight excluding hydrogens is 683 g/mol. The van der Waals surface area contributed by atoms with E-state index < -0.39 is 0 Å². The summed E-state index contributed by atoms with van der Waals surface area (Å²) < 4.78 is 4.23. The van der Waals surface area contributed by atoms with Crippen LogP contribution in [0.2, 0.25) is 10.0 Å². The quantitative estimate of drug-likeness (QED) is 0.153. The van der Waals surface area contributed by atoms with Crippen molar-refractivity contribution in [2.45, 2.75) is 132 Å². The standard InChI is InChI=1S/C22H32ClN3.C22H30ClN3/c2*1-6-9-17(10-7-2)21-18-11-8-12-26(22(18)24-25(21)5)20-16(4)13-15(3)14-19(20)23/h13-14,17H,6-12H2,1-5H3;9,13-14H,6-8,10-12H2,1-5H3/b;17-9+. The Bertz CT molecular complexity index is 1830. The summed E-state index contributed by atoms with van der Waals surface area (Å²) in [5.41, 5.74) is 14.1. The minimum Gasteiger partial charge on any atom is -0.323 e. The van der Waals surface area contributed by atoms with E-state index in [1.54, 1.807) is 0 Å². The summed E-state index contributed by atoms with van der Waals surface area (Å²) in [5.74, 6) is 2.82. The van der Waals surface area contributed by atoms with Gasteiger partial charge in [-0.05, 0) is 119 Å². The number of nitrogens with zero attached hydrogens (tertiary/aromatic N) is 6. The average Bonchev–Trinajstić information content (AvgIpc) is 3.60. The SMILES string of the molecule is CC/C=C(\CCC)c1c2c(nn1C)N(c1c(C)cc(C)cc1Cl)CCC2.CCCC(CCC)c1c2c(nn1C)N(c1c(C)cc(C)cc1Cl)CCC2. The Balaban J connectivity index is 0.000000201. The highest BCUT2D eigenvalue weighted by atomic mass is 35.5. The number of hydrogen-bond acceptors (Lipinski definition) is 4. The van der Waals surface area contributed by atoms with Gasteiger partial charge in [-0.3, -0.25) is 9.36 Å². The number of hydrogen-bond donors (Lipinski definition) is 0. The van der Waals surface area contributed by atoms with E-state index in [0.29, 0.717) is 5.92 Å². The van der Waals surface area contributed by atoms with Gasteiger partial charge in [-0.15, -0.1) is 0 Å². The molecule has 6 nitrogen and oxygen atoms in total. The lowest BCUT2D eigenvalue weighted by Gasteiger charge is -2.30. The van der Waals surface area contributed by atoms with Gasteiger partial charge in [0.25, 0.3) is 0 Å². The molecule has 0 radical (unpaired) electrons. The predicted molar refractivity (Wildman–Crippen MR) is 225 cm³/mol. The van der Waals surface area contributed by atoms with Gasteiger partial charge in [0, 0.05) is 49.9 Å². The highest BCUT2D eigenvalue weighted by molar-refractivity contribution is 6.34. The van der Waals surface area contributed by atoms with Crippen molar-refractivity contribution in [3.8, 4) is 0 Å². The molecular formula is C44H62Cl2N6. The Hall–Kier alpha value is -3.22. The normalized spacial score (nSPS) is 14.4. The monoisotopic (exact) mass is 744 g/mol. The van der Waals surface area contributed by atoms with Crippen LogP contribution in [0.25, 0.3) is 5.57 Å². The van der Waals surface area contributed by atoms with Crippen molar-refractivity contribution >= 4 is 51.8 Å². The molecule has 0 spiro atoms. The smallest absolute Gasteiger partial charge is 0.158 e. The molecule has 282 valence electrons. The van der Waals surface area contributed by atoms with Crippen molar-refractivity contribution in [3.05, 3.63) is 85.2 Å². The van der Waals surface area contributed by atoms with Crippen molar-refractivity contribution in [2.24, 2.45) is 14.1 Å². The summed E-state index contributed by atoms with van der Waals surface area (Å²) in [7, 11) is 4.20. The fourth-order valence-electron chi connectivity index (χ4n) is 8.86. The number of aromatic nitrogens is 4. The molecule has 2 aliphatic heterocycles.